The predicted octanol–water partition coefficient (Wildman–Crippen LogP) is 3.64. The standard InChI is InChI=1S/C12H13F2N/c1-2-10-8-9(4-3-7-15)5-6-11(10)12(13)14/h5-6,8,12H,2-4H2,1H3. The second-order valence-electron chi connectivity index (χ2n) is 3.35. The summed E-state index contributed by atoms with van der Waals surface area (Å²) < 4.78 is 25.1. The molecule has 0 aromatic heterocycles. The van der Waals surface area contributed by atoms with Crippen molar-refractivity contribution >= 4 is 0 Å². The van der Waals surface area contributed by atoms with E-state index in [2.05, 4.69) is 0 Å². The van der Waals surface area contributed by atoms with E-state index in [1.54, 1.807) is 12.1 Å². The fraction of sp³-hybridized carbons (Fsp3) is 0.417. The minimum atomic E-state index is -2.41. The SMILES string of the molecule is CCc1cc(CCC#N)ccc1C(F)F. The van der Waals surface area contributed by atoms with E-state index in [0.717, 1.165) is 5.56 Å². The van der Waals surface area contributed by atoms with Crippen LogP contribution in [0.25, 0.3) is 0 Å². The molecule has 0 bridgehead atoms. The number of benzene rings is 1. The molecule has 1 aromatic rings. The quantitative estimate of drug-likeness (QED) is 0.742. The Hall–Kier alpha value is -1.43. The van der Waals surface area contributed by atoms with Gasteiger partial charge in [0.1, 0.15) is 0 Å². The third-order valence-electron chi connectivity index (χ3n) is 2.35. The molecule has 0 aliphatic rings. The lowest BCUT2D eigenvalue weighted by atomic mass is 10.00. The monoisotopic (exact) mass is 209 g/mol. The maximum atomic E-state index is 12.5. The fourth-order valence-corrected chi connectivity index (χ4v) is 1.53. The van der Waals surface area contributed by atoms with Gasteiger partial charge < -0.3 is 0 Å². The van der Waals surface area contributed by atoms with E-state index >= 15 is 0 Å². The molecular formula is C12H13F2N. The third kappa shape index (κ3) is 3.02. The highest BCUT2D eigenvalue weighted by atomic mass is 19.3. The van der Waals surface area contributed by atoms with Crippen molar-refractivity contribution in [3.05, 3.63) is 34.9 Å². The highest BCUT2D eigenvalue weighted by Gasteiger charge is 2.11. The maximum absolute atomic E-state index is 12.5. The van der Waals surface area contributed by atoms with Crippen LogP contribution in [0.5, 0.6) is 0 Å². The molecule has 0 fully saturated rings. The fourth-order valence-electron chi connectivity index (χ4n) is 1.53. The Morgan fingerprint density at radius 2 is 2.13 bits per heavy atom. The van der Waals surface area contributed by atoms with Gasteiger partial charge in [0, 0.05) is 12.0 Å². The number of aryl methyl sites for hydroxylation is 2. The Morgan fingerprint density at radius 3 is 2.67 bits per heavy atom. The summed E-state index contributed by atoms with van der Waals surface area (Å²) >= 11 is 0. The molecule has 3 heteroatoms. The van der Waals surface area contributed by atoms with Crippen LogP contribution in [0, 0.1) is 11.3 Å². The first-order valence-corrected chi connectivity index (χ1v) is 4.95. The molecule has 0 spiro atoms. The smallest absolute Gasteiger partial charge is 0.205 e. The van der Waals surface area contributed by atoms with Crippen molar-refractivity contribution in [2.45, 2.75) is 32.6 Å². The van der Waals surface area contributed by atoms with Crippen molar-refractivity contribution in [3.8, 4) is 6.07 Å². The van der Waals surface area contributed by atoms with Gasteiger partial charge in [0.15, 0.2) is 0 Å². The predicted molar refractivity (Wildman–Crippen MR) is 54.7 cm³/mol. The molecule has 0 aliphatic carbocycles. The van der Waals surface area contributed by atoms with Crippen molar-refractivity contribution in [2.24, 2.45) is 0 Å². The molecule has 0 saturated heterocycles. The molecule has 15 heavy (non-hydrogen) atoms. The molecule has 0 N–H and O–H groups in total. The second-order valence-corrected chi connectivity index (χ2v) is 3.35. The summed E-state index contributed by atoms with van der Waals surface area (Å²) in [5, 5.41) is 8.43. The summed E-state index contributed by atoms with van der Waals surface area (Å²) in [6, 6.07) is 6.97. The Kier molecular flexibility index (Phi) is 4.23. The van der Waals surface area contributed by atoms with Crippen LogP contribution in [-0.4, -0.2) is 0 Å². The molecule has 1 rings (SSSR count). The van der Waals surface area contributed by atoms with E-state index in [-0.39, 0.29) is 5.56 Å². The number of nitriles is 1. The van der Waals surface area contributed by atoms with Gasteiger partial charge in [-0.2, -0.15) is 5.26 Å². The number of hydrogen-bond acceptors (Lipinski definition) is 1. The van der Waals surface area contributed by atoms with Crippen LogP contribution in [0.15, 0.2) is 18.2 Å². The molecule has 0 saturated carbocycles. The van der Waals surface area contributed by atoms with E-state index in [0.29, 0.717) is 24.8 Å². The molecule has 80 valence electrons. The van der Waals surface area contributed by atoms with Gasteiger partial charge in [0.25, 0.3) is 6.43 Å². The summed E-state index contributed by atoms with van der Waals surface area (Å²) in [7, 11) is 0. The van der Waals surface area contributed by atoms with Crippen molar-refractivity contribution in [1.29, 1.82) is 5.26 Å². The molecule has 0 heterocycles. The van der Waals surface area contributed by atoms with Gasteiger partial charge in [-0.25, -0.2) is 8.78 Å². The minimum absolute atomic E-state index is 0.109. The molecule has 0 aliphatic heterocycles. The van der Waals surface area contributed by atoms with E-state index < -0.39 is 6.43 Å². The molecule has 0 radical (unpaired) electrons. The summed E-state index contributed by atoms with van der Waals surface area (Å²) in [5.74, 6) is 0. The van der Waals surface area contributed by atoms with Gasteiger partial charge in [-0.1, -0.05) is 25.1 Å². The zero-order valence-electron chi connectivity index (χ0n) is 8.63. The Bertz CT molecular complexity index is 366. The van der Waals surface area contributed by atoms with Gasteiger partial charge in [-0.05, 0) is 24.0 Å². The lowest BCUT2D eigenvalue weighted by molar-refractivity contribution is 0.150. The summed E-state index contributed by atoms with van der Waals surface area (Å²) in [5.41, 5.74) is 1.75. The van der Waals surface area contributed by atoms with Crippen LogP contribution >= 0.6 is 0 Å². The summed E-state index contributed by atoms with van der Waals surface area (Å²) in [6.45, 7) is 1.86. The van der Waals surface area contributed by atoms with Gasteiger partial charge in [0.05, 0.1) is 6.07 Å². The summed E-state index contributed by atoms with van der Waals surface area (Å²) in [6.07, 6.45) is -0.755. The van der Waals surface area contributed by atoms with Crippen LogP contribution in [0.3, 0.4) is 0 Å². The zero-order valence-corrected chi connectivity index (χ0v) is 8.63. The summed E-state index contributed by atoms with van der Waals surface area (Å²) in [4.78, 5) is 0. The van der Waals surface area contributed by atoms with E-state index in [1.807, 2.05) is 13.0 Å². The normalized spacial score (nSPS) is 10.3. The molecular weight excluding hydrogens is 196 g/mol. The second kappa shape index (κ2) is 5.45. The topological polar surface area (TPSA) is 23.8 Å². The zero-order chi connectivity index (χ0) is 11.3. The van der Waals surface area contributed by atoms with Gasteiger partial charge in [-0.3, -0.25) is 0 Å². The largest absolute Gasteiger partial charge is 0.264 e. The lowest BCUT2D eigenvalue weighted by Gasteiger charge is -2.08. The van der Waals surface area contributed by atoms with Crippen LogP contribution in [0.2, 0.25) is 0 Å². The first-order chi connectivity index (χ1) is 7.19. The number of rotatable bonds is 4. The van der Waals surface area contributed by atoms with Crippen LogP contribution < -0.4 is 0 Å². The number of halogens is 2. The molecule has 1 aromatic carbocycles. The van der Waals surface area contributed by atoms with Crippen molar-refractivity contribution in [3.63, 3.8) is 0 Å². The molecule has 1 nitrogen and oxygen atoms in total. The van der Waals surface area contributed by atoms with E-state index in [1.165, 1.54) is 6.07 Å². The van der Waals surface area contributed by atoms with Crippen molar-refractivity contribution in [1.82, 2.24) is 0 Å². The van der Waals surface area contributed by atoms with Gasteiger partial charge in [0.2, 0.25) is 0 Å². The van der Waals surface area contributed by atoms with Crippen LogP contribution in [0.1, 0.15) is 36.5 Å². The average Bonchev–Trinajstić information content (AvgIpc) is 2.25. The molecule has 0 amide bonds. The number of alkyl halides is 2. The average molecular weight is 209 g/mol. The van der Waals surface area contributed by atoms with Gasteiger partial charge in [-0.15, -0.1) is 0 Å². The molecule has 0 atom stereocenters. The Balaban J connectivity index is 2.93. The van der Waals surface area contributed by atoms with Crippen molar-refractivity contribution < 1.29 is 8.78 Å². The third-order valence-corrected chi connectivity index (χ3v) is 2.35. The lowest BCUT2D eigenvalue weighted by Crippen LogP contribution is -1.95. The Labute approximate surface area is 88.3 Å². The highest BCUT2D eigenvalue weighted by molar-refractivity contribution is 5.33. The minimum Gasteiger partial charge on any atom is -0.205 e. The maximum Gasteiger partial charge on any atom is 0.264 e. The van der Waals surface area contributed by atoms with E-state index in [4.69, 9.17) is 5.26 Å². The van der Waals surface area contributed by atoms with Gasteiger partial charge >= 0.3 is 0 Å². The van der Waals surface area contributed by atoms with Crippen molar-refractivity contribution in [2.75, 3.05) is 0 Å². The van der Waals surface area contributed by atoms with Crippen LogP contribution in [-0.2, 0) is 12.8 Å². The number of nitrogens with zero attached hydrogens (tertiary/aromatic N) is 1. The Morgan fingerprint density at radius 1 is 1.40 bits per heavy atom. The van der Waals surface area contributed by atoms with Crippen LogP contribution in [0.4, 0.5) is 8.78 Å². The first-order valence-electron chi connectivity index (χ1n) is 4.95. The highest BCUT2D eigenvalue weighted by Crippen LogP contribution is 2.24. The first kappa shape index (κ1) is 11.6. The molecule has 0 unspecified atom stereocenters. The number of hydrogen-bond donors (Lipinski definition) is 0. The van der Waals surface area contributed by atoms with E-state index in [9.17, 15) is 8.78 Å².